The lowest BCUT2D eigenvalue weighted by atomic mass is 9.95. The van der Waals surface area contributed by atoms with Crippen molar-refractivity contribution in [1.29, 1.82) is 0 Å². The first-order valence-corrected chi connectivity index (χ1v) is 7.15. The Balaban J connectivity index is 0.00000361. The second kappa shape index (κ2) is 9.22. The first kappa shape index (κ1) is 19.2. The van der Waals surface area contributed by atoms with Crippen LogP contribution in [0.3, 0.4) is 0 Å². The maximum atomic E-state index is 12.1. The quantitative estimate of drug-likeness (QED) is 0.840. The van der Waals surface area contributed by atoms with E-state index in [4.69, 9.17) is 17.3 Å². The van der Waals surface area contributed by atoms with E-state index < -0.39 is 6.04 Å². The van der Waals surface area contributed by atoms with Crippen LogP contribution in [0.15, 0.2) is 24.3 Å². The van der Waals surface area contributed by atoms with Gasteiger partial charge in [-0.1, -0.05) is 57.0 Å². The molecular weight excluding hydrogens is 295 g/mol. The highest BCUT2D eigenvalue weighted by molar-refractivity contribution is 6.31. The van der Waals surface area contributed by atoms with Crippen LogP contribution in [0.5, 0.6) is 0 Å². The first-order valence-electron chi connectivity index (χ1n) is 6.77. The number of hydrogen-bond donors (Lipinski definition) is 2. The second-order valence-corrected chi connectivity index (χ2v) is 5.55. The zero-order valence-electron chi connectivity index (χ0n) is 12.2. The average molecular weight is 319 g/mol. The largest absolute Gasteiger partial charge is 0.348 e. The Labute approximate surface area is 132 Å². The summed E-state index contributed by atoms with van der Waals surface area (Å²) in [6, 6.07) is 7.03. The van der Waals surface area contributed by atoms with Gasteiger partial charge in [0.15, 0.2) is 0 Å². The highest BCUT2D eigenvalue weighted by atomic mass is 35.5. The van der Waals surface area contributed by atoms with Gasteiger partial charge in [-0.15, -0.1) is 12.4 Å². The van der Waals surface area contributed by atoms with Crippen molar-refractivity contribution < 1.29 is 4.79 Å². The first-order chi connectivity index (χ1) is 8.97. The fourth-order valence-electron chi connectivity index (χ4n) is 2.03. The Bertz CT molecular complexity index is 424. The number of rotatable bonds is 6. The van der Waals surface area contributed by atoms with Crippen LogP contribution >= 0.6 is 24.0 Å². The summed E-state index contributed by atoms with van der Waals surface area (Å²) < 4.78 is 0. The van der Waals surface area contributed by atoms with Crippen LogP contribution in [0.1, 0.15) is 45.2 Å². The molecule has 2 atom stereocenters. The molecule has 0 aliphatic carbocycles. The highest BCUT2D eigenvalue weighted by Gasteiger charge is 2.22. The van der Waals surface area contributed by atoms with Gasteiger partial charge in [-0.05, 0) is 24.0 Å². The van der Waals surface area contributed by atoms with Crippen molar-refractivity contribution in [2.45, 2.75) is 45.7 Å². The van der Waals surface area contributed by atoms with E-state index in [0.717, 1.165) is 12.0 Å². The summed E-state index contributed by atoms with van der Waals surface area (Å²) in [6.45, 7) is 6.13. The third-order valence-electron chi connectivity index (χ3n) is 3.14. The van der Waals surface area contributed by atoms with Gasteiger partial charge in [-0.2, -0.15) is 0 Å². The maximum absolute atomic E-state index is 12.1. The standard InChI is InChI=1S/C15H23ClN2O.ClH/c1-4-7-13(17)15(19)18-14(10(2)3)11-8-5-6-9-12(11)16;/h5-6,8-10,13-14H,4,7,17H2,1-3H3,(H,18,19);1H. The van der Waals surface area contributed by atoms with Crippen molar-refractivity contribution in [3.05, 3.63) is 34.9 Å². The van der Waals surface area contributed by atoms with E-state index in [-0.39, 0.29) is 30.3 Å². The van der Waals surface area contributed by atoms with Crippen LogP contribution in [0, 0.1) is 5.92 Å². The van der Waals surface area contributed by atoms with E-state index in [0.29, 0.717) is 11.4 Å². The average Bonchev–Trinajstić information content (AvgIpc) is 2.36. The molecule has 0 fully saturated rings. The van der Waals surface area contributed by atoms with Crippen molar-refractivity contribution in [3.63, 3.8) is 0 Å². The summed E-state index contributed by atoms with van der Waals surface area (Å²) in [4.78, 5) is 12.1. The minimum atomic E-state index is -0.450. The molecular formula is C15H24Cl2N2O. The Morgan fingerprint density at radius 3 is 2.45 bits per heavy atom. The fourth-order valence-corrected chi connectivity index (χ4v) is 2.29. The fraction of sp³-hybridized carbons (Fsp3) is 0.533. The van der Waals surface area contributed by atoms with Crippen molar-refractivity contribution in [3.8, 4) is 0 Å². The Kier molecular flexibility index (Phi) is 8.86. The molecule has 0 aliphatic heterocycles. The van der Waals surface area contributed by atoms with Gasteiger partial charge in [-0.3, -0.25) is 4.79 Å². The molecule has 1 aromatic rings. The normalized spacial score (nSPS) is 13.5. The molecule has 0 radical (unpaired) electrons. The van der Waals surface area contributed by atoms with Gasteiger partial charge in [0.25, 0.3) is 0 Å². The van der Waals surface area contributed by atoms with E-state index in [1.807, 2.05) is 31.2 Å². The number of halogens is 2. The minimum Gasteiger partial charge on any atom is -0.348 e. The van der Waals surface area contributed by atoms with Crippen LogP contribution in [0.2, 0.25) is 5.02 Å². The van der Waals surface area contributed by atoms with Gasteiger partial charge < -0.3 is 11.1 Å². The topological polar surface area (TPSA) is 55.1 Å². The van der Waals surface area contributed by atoms with Crippen LogP contribution in [0.25, 0.3) is 0 Å². The van der Waals surface area contributed by atoms with Crippen LogP contribution in [0.4, 0.5) is 0 Å². The van der Waals surface area contributed by atoms with Crippen molar-refractivity contribution in [2.24, 2.45) is 11.7 Å². The van der Waals surface area contributed by atoms with Gasteiger partial charge in [0.2, 0.25) is 5.91 Å². The lowest BCUT2D eigenvalue weighted by Gasteiger charge is -2.25. The number of amides is 1. The number of nitrogens with two attached hydrogens (primary N) is 1. The summed E-state index contributed by atoms with van der Waals surface area (Å²) in [5.74, 6) is 0.137. The van der Waals surface area contributed by atoms with Gasteiger partial charge >= 0.3 is 0 Å². The van der Waals surface area contributed by atoms with E-state index in [1.54, 1.807) is 0 Å². The summed E-state index contributed by atoms with van der Waals surface area (Å²) in [5, 5.41) is 3.68. The molecule has 2 unspecified atom stereocenters. The molecule has 0 bridgehead atoms. The molecule has 0 aromatic heterocycles. The molecule has 3 nitrogen and oxygen atoms in total. The van der Waals surface area contributed by atoms with Gasteiger partial charge in [0.05, 0.1) is 12.1 Å². The zero-order valence-corrected chi connectivity index (χ0v) is 13.8. The maximum Gasteiger partial charge on any atom is 0.237 e. The molecule has 1 rings (SSSR count). The summed E-state index contributed by atoms with van der Waals surface area (Å²) >= 11 is 6.20. The third-order valence-corrected chi connectivity index (χ3v) is 3.49. The van der Waals surface area contributed by atoms with Gasteiger partial charge in [0.1, 0.15) is 0 Å². The lowest BCUT2D eigenvalue weighted by Crippen LogP contribution is -2.43. The molecule has 1 amide bonds. The molecule has 0 aliphatic rings. The SMILES string of the molecule is CCCC(N)C(=O)NC(c1ccccc1Cl)C(C)C.Cl. The Morgan fingerprint density at radius 2 is 1.95 bits per heavy atom. The molecule has 3 N–H and O–H groups in total. The van der Waals surface area contributed by atoms with Crippen LogP contribution in [-0.4, -0.2) is 11.9 Å². The van der Waals surface area contributed by atoms with Gasteiger partial charge in [0, 0.05) is 5.02 Å². The lowest BCUT2D eigenvalue weighted by molar-refractivity contribution is -0.123. The van der Waals surface area contributed by atoms with Crippen LogP contribution < -0.4 is 11.1 Å². The number of benzene rings is 1. The van der Waals surface area contributed by atoms with Gasteiger partial charge in [-0.25, -0.2) is 0 Å². The molecule has 0 spiro atoms. The summed E-state index contributed by atoms with van der Waals surface area (Å²) in [7, 11) is 0. The second-order valence-electron chi connectivity index (χ2n) is 5.15. The Morgan fingerprint density at radius 1 is 1.35 bits per heavy atom. The molecule has 0 saturated heterocycles. The predicted molar refractivity (Wildman–Crippen MR) is 87.3 cm³/mol. The van der Waals surface area contributed by atoms with Crippen molar-refractivity contribution in [2.75, 3.05) is 0 Å². The molecule has 0 heterocycles. The number of carbonyl (C=O) groups is 1. The van der Waals surface area contributed by atoms with Crippen LogP contribution in [-0.2, 0) is 4.79 Å². The number of carbonyl (C=O) groups excluding carboxylic acids is 1. The van der Waals surface area contributed by atoms with E-state index in [9.17, 15) is 4.79 Å². The molecule has 20 heavy (non-hydrogen) atoms. The monoisotopic (exact) mass is 318 g/mol. The summed E-state index contributed by atoms with van der Waals surface area (Å²) in [6.07, 6.45) is 1.59. The van der Waals surface area contributed by atoms with Crippen molar-refractivity contribution in [1.82, 2.24) is 5.32 Å². The molecule has 114 valence electrons. The predicted octanol–water partition coefficient (Wildman–Crippen LogP) is 3.70. The zero-order chi connectivity index (χ0) is 14.4. The van der Waals surface area contributed by atoms with Crippen molar-refractivity contribution >= 4 is 29.9 Å². The molecule has 5 heteroatoms. The Hall–Kier alpha value is -0.770. The number of nitrogens with one attached hydrogen (secondary N) is 1. The van der Waals surface area contributed by atoms with E-state index >= 15 is 0 Å². The molecule has 1 aromatic carbocycles. The van der Waals surface area contributed by atoms with E-state index in [2.05, 4.69) is 19.2 Å². The molecule has 0 saturated carbocycles. The minimum absolute atomic E-state index is 0. The third kappa shape index (κ3) is 5.31. The van der Waals surface area contributed by atoms with E-state index in [1.165, 1.54) is 0 Å². The smallest absolute Gasteiger partial charge is 0.237 e. The highest BCUT2D eigenvalue weighted by Crippen LogP contribution is 2.28. The number of hydrogen-bond acceptors (Lipinski definition) is 2. The summed E-state index contributed by atoms with van der Waals surface area (Å²) in [5.41, 5.74) is 6.79.